The van der Waals surface area contributed by atoms with Crippen LogP contribution < -0.4 is 26.1 Å². The van der Waals surface area contributed by atoms with Gasteiger partial charge in [-0.1, -0.05) is 18.2 Å². The van der Waals surface area contributed by atoms with Gasteiger partial charge in [0.05, 0.1) is 0 Å². The van der Waals surface area contributed by atoms with E-state index in [1.165, 1.54) is 15.9 Å². The number of hydrogen-bond acceptors (Lipinski definition) is 9. The van der Waals surface area contributed by atoms with Crippen molar-refractivity contribution in [2.75, 3.05) is 47.7 Å². The van der Waals surface area contributed by atoms with E-state index in [1.807, 2.05) is 101 Å². The van der Waals surface area contributed by atoms with Gasteiger partial charge in [-0.05, 0) is 131 Å². The molecule has 0 unspecified atom stereocenters. The van der Waals surface area contributed by atoms with Gasteiger partial charge >= 0.3 is 0 Å². The molecule has 0 aromatic heterocycles. The maximum Gasteiger partial charge on any atom is 0.241 e. The lowest BCUT2D eigenvalue weighted by molar-refractivity contribution is -0.121. The number of carbonyl (C=O) groups excluding carboxylic acids is 2. The van der Waals surface area contributed by atoms with Crippen molar-refractivity contribution in [1.82, 2.24) is 20.7 Å². The summed E-state index contributed by atoms with van der Waals surface area (Å²) in [6.07, 6.45) is 8.30. The van der Waals surface area contributed by atoms with Gasteiger partial charge in [0.15, 0.2) is 0 Å². The van der Waals surface area contributed by atoms with Crippen LogP contribution in [0.15, 0.2) is 101 Å². The highest BCUT2D eigenvalue weighted by Gasteiger charge is 2.11. The van der Waals surface area contributed by atoms with E-state index in [2.05, 4.69) is 45.1 Å². The molecule has 0 heterocycles. The third-order valence-electron chi connectivity index (χ3n) is 7.10. The smallest absolute Gasteiger partial charge is 0.241 e. The molecule has 0 saturated carbocycles. The molecule has 4 N–H and O–H groups in total. The molecule has 2 amide bonds. The monoisotopic (exact) mass is 715 g/mol. The molecular weight excluding hydrogens is 667 g/mol. The van der Waals surface area contributed by atoms with Crippen LogP contribution in [-0.2, 0) is 29.1 Å². The minimum Gasteiger partial charge on any atom is -0.457 e. The van der Waals surface area contributed by atoms with Gasteiger partial charge in [-0.2, -0.15) is 0 Å². The molecule has 0 saturated heterocycles. The fraction of sp³-hybridized carbons (Fsp3) is 0.282. The van der Waals surface area contributed by atoms with Crippen molar-refractivity contribution in [3.05, 3.63) is 113 Å². The summed E-state index contributed by atoms with van der Waals surface area (Å²) in [5.41, 5.74) is 14.6. The number of hydrazine groups is 1. The first-order valence-electron chi connectivity index (χ1n) is 16.1. The molecule has 0 aliphatic carbocycles. The summed E-state index contributed by atoms with van der Waals surface area (Å²) in [7, 11) is 9.76. The Morgan fingerprint density at radius 3 is 1.70 bits per heavy atom. The van der Waals surface area contributed by atoms with E-state index in [-0.39, 0.29) is 5.91 Å². The molecule has 11 heteroatoms. The Hall–Kier alpha value is -4.26. The minimum absolute atomic E-state index is 0.0177. The topological polar surface area (TPSA) is 109 Å². The Labute approximate surface area is 305 Å². The molecule has 0 atom stereocenters. The summed E-state index contributed by atoms with van der Waals surface area (Å²) < 4.78 is 12.1. The third kappa shape index (κ3) is 14.3. The van der Waals surface area contributed by atoms with E-state index < -0.39 is 5.91 Å². The highest BCUT2D eigenvalue weighted by atomic mass is 32.2. The number of thioether (sulfide) groups is 2. The van der Waals surface area contributed by atoms with Crippen LogP contribution in [0.2, 0.25) is 0 Å². The van der Waals surface area contributed by atoms with Gasteiger partial charge in [-0.3, -0.25) is 15.0 Å². The fourth-order valence-electron chi connectivity index (χ4n) is 4.80. The van der Waals surface area contributed by atoms with E-state index in [0.29, 0.717) is 12.8 Å². The normalized spacial score (nSPS) is 11.0. The molecule has 0 aliphatic rings. The molecule has 0 spiro atoms. The molecule has 4 aromatic rings. The van der Waals surface area contributed by atoms with Crippen LogP contribution in [0.1, 0.15) is 28.7 Å². The average molecular weight is 716 g/mol. The first-order valence-corrected chi connectivity index (χ1v) is 18.6. The zero-order valence-electron chi connectivity index (χ0n) is 30.0. The van der Waals surface area contributed by atoms with Gasteiger partial charge in [-0.15, -0.1) is 23.5 Å². The molecule has 0 radical (unpaired) electrons. The summed E-state index contributed by atoms with van der Waals surface area (Å²) in [4.78, 5) is 29.1. The van der Waals surface area contributed by atoms with Gasteiger partial charge < -0.3 is 25.0 Å². The predicted octanol–water partition coefficient (Wildman–Crippen LogP) is 7.21. The predicted molar refractivity (Wildman–Crippen MR) is 208 cm³/mol. The fourth-order valence-corrected chi connectivity index (χ4v) is 5.62. The summed E-state index contributed by atoms with van der Waals surface area (Å²) in [5, 5.41) is 0. The van der Waals surface area contributed by atoms with Crippen LogP contribution in [0, 0.1) is 0 Å². The molecule has 50 heavy (non-hydrogen) atoms. The zero-order valence-corrected chi connectivity index (χ0v) is 31.6. The molecule has 4 aromatic carbocycles. The lowest BCUT2D eigenvalue weighted by atomic mass is 10.0. The van der Waals surface area contributed by atoms with Crippen molar-refractivity contribution in [1.29, 1.82) is 0 Å². The van der Waals surface area contributed by atoms with Crippen LogP contribution in [0.25, 0.3) is 6.08 Å². The van der Waals surface area contributed by atoms with Crippen LogP contribution in [0.4, 0.5) is 0 Å². The first kappa shape index (κ1) is 40.2. The Morgan fingerprint density at radius 2 is 1.24 bits per heavy atom. The van der Waals surface area contributed by atoms with Gasteiger partial charge in [0.25, 0.3) is 0 Å². The molecule has 266 valence electrons. The molecule has 4 rings (SSSR count). The Kier molecular flexibility index (Phi) is 16.9. The number of aryl methyl sites for hydroxylation is 1. The Morgan fingerprint density at radius 1 is 0.740 bits per heavy atom. The lowest BCUT2D eigenvalue weighted by Crippen LogP contribution is -2.34. The van der Waals surface area contributed by atoms with E-state index in [0.717, 1.165) is 58.3 Å². The maximum absolute atomic E-state index is 11.6. The molecule has 0 fully saturated rings. The van der Waals surface area contributed by atoms with Gasteiger partial charge in [0.1, 0.15) is 23.0 Å². The van der Waals surface area contributed by atoms with Gasteiger partial charge in [0, 0.05) is 53.6 Å². The van der Waals surface area contributed by atoms with Crippen LogP contribution in [-0.4, -0.2) is 69.4 Å². The van der Waals surface area contributed by atoms with Crippen LogP contribution >= 0.6 is 23.5 Å². The van der Waals surface area contributed by atoms with Crippen molar-refractivity contribution in [3.63, 3.8) is 0 Å². The number of rotatable bonds is 16. The molecule has 0 bridgehead atoms. The van der Waals surface area contributed by atoms with Crippen LogP contribution in [0.5, 0.6) is 23.0 Å². The molecular formula is C39H49N5O4S2. The first-order chi connectivity index (χ1) is 24.0. The second-order valence-electron chi connectivity index (χ2n) is 11.9. The quantitative estimate of drug-likeness (QED) is 0.0630. The number of carbonyl (C=O) groups is 2. The van der Waals surface area contributed by atoms with E-state index in [9.17, 15) is 9.59 Å². The van der Waals surface area contributed by atoms with Gasteiger partial charge in [-0.25, -0.2) is 5.43 Å². The second kappa shape index (κ2) is 21.1. The number of benzene rings is 4. The lowest BCUT2D eigenvalue weighted by Gasteiger charge is -2.16. The number of nitrogens with one attached hydrogen (secondary N) is 2. The summed E-state index contributed by atoms with van der Waals surface area (Å²) >= 11 is 3.41. The van der Waals surface area contributed by atoms with Crippen molar-refractivity contribution in [3.8, 4) is 23.0 Å². The second-order valence-corrected chi connectivity index (χ2v) is 13.6. The van der Waals surface area contributed by atoms with E-state index >= 15 is 0 Å². The minimum atomic E-state index is -0.460. The third-order valence-corrected chi connectivity index (χ3v) is 8.59. The standard InChI is InChI=1S/C20H27N3O2S.C19H22N2O2S/c1-21-22-20(24)12-6-15-5-11-19(16(13-15)14-23(2)3)25-17-7-9-18(26-4)10-8-17;1-21(2)13-15-12-14(5-11-19(20)22)4-10-18(15)23-16-6-8-17(24-3)9-7-16/h5,7-11,13,21H,6,12,14H2,1-4H3,(H,22,24);4-12H,13H2,1-3H3,(H2,20,22)/b;11-5+. The average Bonchev–Trinajstić information content (AvgIpc) is 3.09. The van der Waals surface area contributed by atoms with E-state index in [1.54, 1.807) is 36.6 Å². The number of amides is 2. The Balaban J connectivity index is 0.000000271. The summed E-state index contributed by atoms with van der Waals surface area (Å²) in [6.45, 7) is 1.51. The van der Waals surface area contributed by atoms with Crippen molar-refractivity contribution >= 4 is 41.4 Å². The van der Waals surface area contributed by atoms with Crippen molar-refractivity contribution in [2.45, 2.75) is 35.7 Å². The molecule has 0 aliphatic heterocycles. The summed E-state index contributed by atoms with van der Waals surface area (Å²) in [5.74, 6) is 2.79. The summed E-state index contributed by atoms with van der Waals surface area (Å²) in [6, 6.07) is 28.1. The molecule has 9 nitrogen and oxygen atoms in total. The number of primary amides is 1. The number of nitrogens with zero attached hydrogens (tertiary/aromatic N) is 2. The zero-order chi connectivity index (χ0) is 36.5. The number of hydrogen-bond donors (Lipinski definition) is 3. The van der Waals surface area contributed by atoms with Crippen molar-refractivity contribution in [2.24, 2.45) is 5.73 Å². The van der Waals surface area contributed by atoms with E-state index in [4.69, 9.17) is 15.2 Å². The maximum atomic E-state index is 11.6. The highest BCUT2D eigenvalue weighted by molar-refractivity contribution is 7.98. The van der Waals surface area contributed by atoms with Gasteiger partial charge in [0.2, 0.25) is 11.8 Å². The van der Waals surface area contributed by atoms with Crippen LogP contribution in [0.3, 0.4) is 0 Å². The largest absolute Gasteiger partial charge is 0.457 e. The highest BCUT2D eigenvalue weighted by Crippen LogP contribution is 2.30. The SMILES string of the molecule is CNNC(=O)CCc1ccc(Oc2ccc(SC)cc2)c(CN(C)C)c1.CSc1ccc(Oc2ccc(/C=C/C(N)=O)cc2CN(C)C)cc1. The number of nitrogens with two attached hydrogens (primary N) is 1. The number of ether oxygens (including phenoxy) is 2. The van der Waals surface area contributed by atoms with Crippen molar-refractivity contribution < 1.29 is 19.1 Å². The Bertz CT molecular complexity index is 1690.